The van der Waals surface area contributed by atoms with Crippen molar-refractivity contribution in [2.45, 2.75) is 51.4 Å². The van der Waals surface area contributed by atoms with Crippen LogP contribution < -0.4 is 5.32 Å². The Morgan fingerprint density at radius 1 is 1.15 bits per heavy atom. The van der Waals surface area contributed by atoms with Crippen LogP contribution in [0.3, 0.4) is 0 Å². The van der Waals surface area contributed by atoms with E-state index in [9.17, 15) is 9.59 Å². The van der Waals surface area contributed by atoms with Crippen LogP contribution in [0.4, 0.5) is 0 Å². The number of likely N-dealkylation sites (tertiary alicyclic amines) is 1. The van der Waals surface area contributed by atoms with Crippen LogP contribution in [0.25, 0.3) is 0 Å². The van der Waals surface area contributed by atoms with Crippen LogP contribution in [-0.2, 0) is 33.6 Å². The summed E-state index contributed by atoms with van der Waals surface area (Å²) >= 11 is 0. The van der Waals surface area contributed by atoms with Crippen molar-refractivity contribution < 1.29 is 14.3 Å². The molecule has 1 N–H and O–H groups in total. The fraction of sp³-hybridized carbons (Fsp3) is 0.636. The number of nitrogens with one attached hydrogen (secondary N) is 1. The van der Waals surface area contributed by atoms with E-state index in [1.54, 1.807) is 7.11 Å². The average molecular weight is 373 g/mol. The molecular weight excluding hydrogens is 340 g/mol. The Morgan fingerprint density at radius 2 is 1.89 bits per heavy atom. The average Bonchev–Trinajstić information content (AvgIpc) is 2.71. The molecule has 3 rings (SSSR count). The van der Waals surface area contributed by atoms with Crippen LogP contribution in [0.1, 0.15) is 48.8 Å². The lowest BCUT2D eigenvalue weighted by atomic mass is 9.89. The lowest BCUT2D eigenvalue weighted by Crippen LogP contribution is -2.43. The normalized spacial score (nSPS) is 17.4. The Morgan fingerprint density at radius 3 is 2.63 bits per heavy atom. The van der Waals surface area contributed by atoms with E-state index in [1.165, 1.54) is 30.4 Å². The number of ether oxygens (including phenoxy) is 1. The van der Waals surface area contributed by atoms with Gasteiger partial charge in [-0.15, -0.1) is 0 Å². The van der Waals surface area contributed by atoms with Crippen molar-refractivity contribution >= 4 is 11.8 Å². The number of carbonyl (C=O) groups excluding carboxylic acids is 2. The number of nitrogens with zero attached hydrogens (tertiary/aromatic N) is 1. The number of aryl methyl sites for hydroxylation is 2. The third-order valence-corrected chi connectivity index (χ3v) is 5.81. The largest absolute Gasteiger partial charge is 0.385 e. The highest BCUT2D eigenvalue weighted by Gasteiger charge is 2.27. The number of hydrogen-bond donors (Lipinski definition) is 1. The molecule has 1 aromatic rings. The summed E-state index contributed by atoms with van der Waals surface area (Å²) in [5.41, 5.74) is 4.00. The number of carbonyl (C=O) groups is 2. The predicted octanol–water partition coefficient (Wildman–Crippen LogP) is 2.50. The van der Waals surface area contributed by atoms with Crippen molar-refractivity contribution in [1.82, 2.24) is 10.2 Å². The number of rotatable bonds is 7. The van der Waals surface area contributed by atoms with Crippen LogP contribution in [0, 0.1) is 5.92 Å². The third kappa shape index (κ3) is 5.55. The highest BCUT2D eigenvalue weighted by molar-refractivity contribution is 5.81. The Kier molecular flexibility index (Phi) is 7.27. The molecule has 1 aliphatic carbocycles. The van der Waals surface area contributed by atoms with Gasteiger partial charge in [0.2, 0.25) is 11.8 Å². The summed E-state index contributed by atoms with van der Waals surface area (Å²) < 4.78 is 4.99. The zero-order valence-corrected chi connectivity index (χ0v) is 16.5. The van der Waals surface area contributed by atoms with Crippen molar-refractivity contribution in [1.29, 1.82) is 0 Å². The van der Waals surface area contributed by atoms with Gasteiger partial charge >= 0.3 is 0 Å². The molecule has 1 fully saturated rings. The number of piperidine rings is 1. The van der Waals surface area contributed by atoms with E-state index in [0.717, 1.165) is 31.2 Å². The highest BCUT2D eigenvalue weighted by atomic mass is 16.5. The van der Waals surface area contributed by atoms with Gasteiger partial charge in [0.25, 0.3) is 0 Å². The molecule has 0 unspecified atom stereocenters. The summed E-state index contributed by atoms with van der Waals surface area (Å²) in [6, 6.07) is 6.55. The van der Waals surface area contributed by atoms with Gasteiger partial charge in [-0.25, -0.2) is 0 Å². The molecule has 0 atom stereocenters. The van der Waals surface area contributed by atoms with E-state index in [4.69, 9.17) is 4.74 Å². The van der Waals surface area contributed by atoms with Crippen LogP contribution in [-0.4, -0.2) is 50.1 Å². The second kappa shape index (κ2) is 9.88. The third-order valence-electron chi connectivity index (χ3n) is 5.81. The van der Waals surface area contributed by atoms with E-state index in [2.05, 4.69) is 23.5 Å². The van der Waals surface area contributed by atoms with Gasteiger partial charge in [-0.1, -0.05) is 18.2 Å². The van der Waals surface area contributed by atoms with Crippen molar-refractivity contribution in [2.75, 3.05) is 33.4 Å². The van der Waals surface area contributed by atoms with Crippen molar-refractivity contribution in [3.63, 3.8) is 0 Å². The first-order valence-corrected chi connectivity index (χ1v) is 10.3. The van der Waals surface area contributed by atoms with Gasteiger partial charge in [-0.05, 0) is 61.6 Å². The van der Waals surface area contributed by atoms with Crippen LogP contribution in [0.2, 0.25) is 0 Å². The highest BCUT2D eigenvalue weighted by Crippen LogP contribution is 2.23. The summed E-state index contributed by atoms with van der Waals surface area (Å²) in [5.74, 6) is 0.331. The van der Waals surface area contributed by atoms with Crippen molar-refractivity contribution in [2.24, 2.45) is 5.92 Å². The number of benzene rings is 1. The fourth-order valence-electron chi connectivity index (χ4n) is 4.15. The van der Waals surface area contributed by atoms with Gasteiger partial charge < -0.3 is 15.0 Å². The Bertz CT molecular complexity index is 651. The molecule has 0 saturated carbocycles. The van der Waals surface area contributed by atoms with Gasteiger partial charge in [-0.3, -0.25) is 9.59 Å². The maximum atomic E-state index is 12.7. The standard InChI is InChI=1S/C22H32N2O3/c1-27-14-4-11-23-22(26)19-9-12-24(13-10-19)21(25)16-17-7-8-18-5-2-3-6-20(18)15-17/h7-8,15,19H,2-6,9-14,16H2,1H3,(H,23,26). The number of methoxy groups -OCH3 is 1. The SMILES string of the molecule is COCCCNC(=O)C1CCN(C(=O)Cc2ccc3c(c2)CCCC3)CC1. The van der Waals surface area contributed by atoms with E-state index in [0.29, 0.717) is 32.7 Å². The predicted molar refractivity (Wildman–Crippen MR) is 106 cm³/mol. The molecule has 1 heterocycles. The first kappa shape index (κ1) is 19.9. The Labute approximate surface area is 162 Å². The molecule has 0 bridgehead atoms. The molecular formula is C22H32N2O3. The van der Waals surface area contributed by atoms with E-state index in [1.807, 2.05) is 4.90 Å². The van der Waals surface area contributed by atoms with Crippen molar-refractivity contribution in [3.8, 4) is 0 Å². The van der Waals surface area contributed by atoms with Gasteiger partial charge in [0.1, 0.15) is 0 Å². The molecule has 0 spiro atoms. The Hall–Kier alpha value is -1.88. The van der Waals surface area contributed by atoms with Gasteiger partial charge in [0.15, 0.2) is 0 Å². The first-order chi connectivity index (χ1) is 13.2. The molecule has 0 aromatic heterocycles. The summed E-state index contributed by atoms with van der Waals surface area (Å²) in [7, 11) is 1.67. The van der Waals surface area contributed by atoms with Crippen LogP contribution >= 0.6 is 0 Å². The topological polar surface area (TPSA) is 58.6 Å². The zero-order chi connectivity index (χ0) is 19.1. The molecule has 2 aliphatic rings. The van der Waals surface area contributed by atoms with E-state index >= 15 is 0 Å². The van der Waals surface area contributed by atoms with Crippen molar-refractivity contribution in [3.05, 3.63) is 34.9 Å². The summed E-state index contributed by atoms with van der Waals surface area (Å²) in [6.07, 6.45) is 7.66. The molecule has 5 heteroatoms. The fourth-order valence-corrected chi connectivity index (χ4v) is 4.15. The second-order valence-corrected chi connectivity index (χ2v) is 7.78. The van der Waals surface area contributed by atoms with Crippen LogP contribution in [0.5, 0.6) is 0 Å². The van der Waals surface area contributed by atoms with Gasteiger partial charge in [-0.2, -0.15) is 0 Å². The lowest BCUT2D eigenvalue weighted by Gasteiger charge is -2.31. The number of hydrogen-bond acceptors (Lipinski definition) is 3. The molecule has 0 radical (unpaired) electrons. The lowest BCUT2D eigenvalue weighted by molar-refractivity contribution is -0.135. The van der Waals surface area contributed by atoms with Gasteiger partial charge in [0.05, 0.1) is 6.42 Å². The molecule has 1 aromatic carbocycles. The smallest absolute Gasteiger partial charge is 0.226 e. The van der Waals surface area contributed by atoms with Crippen LogP contribution in [0.15, 0.2) is 18.2 Å². The summed E-state index contributed by atoms with van der Waals surface area (Å²) in [6.45, 7) is 2.68. The minimum atomic E-state index is 0.0281. The monoisotopic (exact) mass is 372 g/mol. The zero-order valence-electron chi connectivity index (χ0n) is 16.5. The molecule has 1 aliphatic heterocycles. The molecule has 27 heavy (non-hydrogen) atoms. The first-order valence-electron chi connectivity index (χ1n) is 10.3. The second-order valence-electron chi connectivity index (χ2n) is 7.78. The molecule has 148 valence electrons. The molecule has 2 amide bonds. The Balaban J connectivity index is 1.44. The maximum absolute atomic E-state index is 12.7. The number of fused-ring (bicyclic) bond motifs is 1. The number of amides is 2. The summed E-state index contributed by atoms with van der Waals surface area (Å²) in [5, 5.41) is 2.98. The molecule has 1 saturated heterocycles. The maximum Gasteiger partial charge on any atom is 0.226 e. The minimum Gasteiger partial charge on any atom is -0.385 e. The van der Waals surface area contributed by atoms with Gasteiger partial charge in [0, 0.05) is 39.3 Å². The molecule has 5 nitrogen and oxygen atoms in total. The van der Waals surface area contributed by atoms with E-state index in [-0.39, 0.29) is 17.7 Å². The quantitative estimate of drug-likeness (QED) is 0.748. The minimum absolute atomic E-state index is 0.0281. The van der Waals surface area contributed by atoms with E-state index < -0.39 is 0 Å². The summed E-state index contributed by atoms with van der Waals surface area (Å²) in [4.78, 5) is 26.8.